The number of amides is 1. The van der Waals surface area contributed by atoms with Crippen LogP contribution >= 0.6 is 11.6 Å². The third kappa shape index (κ3) is 4.95. The molecule has 0 spiro atoms. The summed E-state index contributed by atoms with van der Waals surface area (Å²) in [5.74, 6) is -0.738. The Balaban J connectivity index is 2.15. The molecule has 0 saturated heterocycles. The van der Waals surface area contributed by atoms with Gasteiger partial charge in [0.25, 0.3) is 5.91 Å². The van der Waals surface area contributed by atoms with Crippen LogP contribution < -0.4 is 10.1 Å². The lowest BCUT2D eigenvalue weighted by Gasteiger charge is -2.23. The van der Waals surface area contributed by atoms with E-state index in [2.05, 4.69) is 10.1 Å². The minimum Gasteiger partial charge on any atom is -0.467 e. The van der Waals surface area contributed by atoms with Crippen LogP contribution in [0.3, 0.4) is 0 Å². The van der Waals surface area contributed by atoms with Crippen LogP contribution in [0.15, 0.2) is 42.5 Å². The second kappa shape index (κ2) is 8.05. The smallest absolute Gasteiger partial charge is 0.330 e. The summed E-state index contributed by atoms with van der Waals surface area (Å²) >= 11 is 5.77. The predicted octanol–water partition coefficient (Wildman–Crippen LogP) is 3.72. The van der Waals surface area contributed by atoms with E-state index in [0.29, 0.717) is 5.75 Å². The Morgan fingerprint density at radius 1 is 1.15 bits per heavy atom. The van der Waals surface area contributed by atoms with Crippen molar-refractivity contribution in [2.75, 3.05) is 7.11 Å². The van der Waals surface area contributed by atoms with E-state index >= 15 is 0 Å². The predicted molar refractivity (Wildman–Crippen MR) is 98.2 cm³/mol. The van der Waals surface area contributed by atoms with Gasteiger partial charge in [0.2, 0.25) is 5.75 Å². The summed E-state index contributed by atoms with van der Waals surface area (Å²) in [4.78, 5) is 34.4. The van der Waals surface area contributed by atoms with Crippen LogP contribution in [0.4, 0.5) is 5.69 Å². The average molecular weight is 393 g/mol. The quantitative estimate of drug-likeness (QED) is 0.456. The van der Waals surface area contributed by atoms with Crippen LogP contribution in [0.2, 0.25) is 5.02 Å². The fraction of sp³-hybridized carbons (Fsp3) is 0.222. The lowest BCUT2D eigenvalue weighted by Crippen LogP contribution is -2.50. The summed E-state index contributed by atoms with van der Waals surface area (Å²) in [6.45, 7) is 3.04. The molecule has 0 heterocycles. The van der Waals surface area contributed by atoms with Crippen molar-refractivity contribution in [1.82, 2.24) is 5.32 Å². The maximum absolute atomic E-state index is 12.3. The molecule has 9 heteroatoms. The molecule has 0 aliphatic rings. The topological polar surface area (TPSA) is 108 Å². The zero-order valence-corrected chi connectivity index (χ0v) is 15.6. The van der Waals surface area contributed by atoms with Crippen molar-refractivity contribution in [3.63, 3.8) is 0 Å². The van der Waals surface area contributed by atoms with Gasteiger partial charge in [-0.2, -0.15) is 0 Å². The van der Waals surface area contributed by atoms with E-state index in [0.717, 1.165) is 0 Å². The van der Waals surface area contributed by atoms with E-state index < -0.39 is 22.3 Å². The van der Waals surface area contributed by atoms with Crippen molar-refractivity contribution in [3.05, 3.63) is 63.2 Å². The van der Waals surface area contributed by atoms with Gasteiger partial charge in [0.1, 0.15) is 11.3 Å². The first-order valence-electron chi connectivity index (χ1n) is 7.77. The number of nitrogens with one attached hydrogen (secondary N) is 1. The molecule has 8 nitrogen and oxygen atoms in total. The first kappa shape index (κ1) is 20.2. The van der Waals surface area contributed by atoms with E-state index in [1.807, 2.05) is 0 Å². The van der Waals surface area contributed by atoms with Gasteiger partial charge in [0.15, 0.2) is 0 Å². The number of ether oxygens (including phenoxy) is 2. The van der Waals surface area contributed by atoms with Gasteiger partial charge in [-0.3, -0.25) is 14.9 Å². The third-order valence-corrected chi connectivity index (χ3v) is 3.82. The Bertz CT molecular complexity index is 880. The fourth-order valence-corrected chi connectivity index (χ4v) is 2.35. The number of nitro benzene ring substituents is 1. The molecule has 1 N–H and O–H groups in total. The number of rotatable bonds is 6. The number of carbonyl (C=O) groups is 2. The Morgan fingerprint density at radius 3 is 2.33 bits per heavy atom. The summed E-state index contributed by atoms with van der Waals surface area (Å²) in [6, 6.07) is 9.96. The largest absolute Gasteiger partial charge is 0.467 e. The Morgan fingerprint density at radius 2 is 1.78 bits per heavy atom. The number of benzene rings is 2. The van der Waals surface area contributed by atoms with Gasteiger partial charge in [-0.25, -0.2) is 4.79 Å². The summed E-state index contributed by atoms with van der Waals surface area (Å²) in [5.41, 5.74) is -1.18. The van der Waals surface area contributed by atoms with Crippen LogP contribution in [-0.4, -0.2) is 29.4 Å². The summed E-state index contributed by atoms with van der Waals surface area (Å²) in [5, 5.41) is 13.9. The standard InChI is InChI=1S/C18H17ClN2O6/c1-18(2,17(23)26-3)20-16(22)11-4-7-13(8-5-11)27-15-9-6-12(19)10-14(15)21(24)25/h4-10H,1-3H3,(H,20,22). The third-order valence-electron chi connectivity index (χ3n) is 3.58. The molecule has 0 unspecified atom stereocenters. The van der Waals surface area contributed by atoms with E-state index in [9.17, 15) is 19.7 Å². The number of nitro groups is 1. The number of halogens is 1. The second-order valence-corrected chi connectivity index (χ2v) is 6.50. The molecular formula is C18H17ClN2O6. The fourth-order valence-electron chi connectivity index (χ4n) is 2.18. The molecule has 0 fully saturated rings. The molecule has 0 aromatic heterocycles. The first-order valence-corrected chi connectivity index (χ1v) is 8.14. The van der Waals surface area contributed by atoms with E-state index in [4.69, 9.17) is 16.3 Å². The minimum absolute atomic E-state index is 0.0217. The molecule has 0 aliphatic heterocycles. The van der Waals surface area contributed by atoms with Crippen molar-refractivity contribution in [1.29, 1.82) is 0 Å². The van der Waals surface area contributed by atoms with Gasteiger partial charge in [0.05, 0.1) is 12.0 Å². The van der Waals surface area contributed by atoms with Crippen molar-refractivity contribution in [2.24, 2.45) is 0 Å². The number of hydrogen-bond donors (Lipinski definition) is 1. The SMILES string of the molecule is COC(=O)C(C)(C)NC(=O)c1ccc(Oc2ccc(Cl)cc2[N+](=O)[O-])cc1. The second-order valence-electron chi connectivity index (χ2n) is 6.07. The van der Waals surface area contributed by atoms with Gasteiger partial charge >= 0.3 is 11.7 Å². The molecule has 2 rings (SSSR count). The van der Waals surface area contributed by atoms with Gasteiger partial charge in [0, 0.05) is 16.7 Å². The number of esters is 1. The zero-order chi connectivity index (χ0) is 20.2. The van der Waals surface area contributed by atoms with Crippen molar-refractivity contribution >= 4 is 29.2 Å². The highest BCUT2D eigenvalue weighted by atomic mass is 35.5. The molecule has 2 aromatic rings. The highest BCUT2D eigenvalue weighted by molar-refractivity contribution is 6.30. The Hall–Kier alpha value is -3.13. The molecule has 0 atom stereocenters. The molecule has 2 aromatic carbocycles. The lowest BCUT2D eigenvalue weighted by atomic mass is 10.1. The molecule has 0 radical (unpaired) electrons. The number of methoxy groups -OCH3 is 1. The molecule has 142 valence electrons. The normalized spacial score (nSPS) is 10.8. The maximum Gasteiger partial charge on any atom is 0.330 e. The Labute approximate surface area is 160 Å². The van der Waals surface area contributed by atoms with Gasteiger partial charge in [-0.1, -0.05) is 11.6 Å². The molecule has 0 saturated carbocycles. The lowest BCUT2D eigenvalue weighted by molar-refractivity contribution is -0.385. The number of hydrogen-bond acceptors (Lipinski definition) is 6. The minimum atomic E-state index is -1.19. The van der Waals surface area contributed by atoms with E-state index in [-0.39, 0.29) is 22.0 Å². The summed E-state index contributed by atoms with van der Waals surface area (Å²) in [7, 11) is 1.23. The average Bonchev–Trinajstić information content (AvgIpc) is 2.62. The van der Waals surface area contributed by atoms with Crippen molar-refractivity contribution in [2.45, 2.75) is 19.4 Å². The molecule has 0 bridgehead atoms. The summed E-state index contributed by atoms with van der Waals surface area (Å²) in [6.07, 6.45) is 0. The van der Waals surface area contributed by atoms with Crippen LogP contribution in [-0.2, 0) is 9.53 Å². The highest BCUT2D eigenvalue weighted by Crippen LogP contribution is 2.33. The van der Waals surface area contributed by atoms with Gasteiger partial charge < -0.3 is 14.8 Å². The molecular weight excluding hydrogens is 376 g/mol. The number of nitrogens with zero attached hydrogens (tertiary/aromatic N) is 1. The first-order chi connectivity index (χ1) is 12.6. The zero-order valence-electron chi connectivity index (χ0n) is 14.8. The van der Waals surface area contributed by atoms with Crippen LogP contribution in [0, 0.1) is 10.1 Å². The molecule has 1 amide bonds. The monoisotopic (exact) mass is 392 g/mol. The van der Waals surface area contributed by atoms with Crippen LogP contribution in [0.1, 0.15) is 24.2 Å². The van der Waals surface area contributed by atoms with Crippen molar-refractivity contribution in [3.8, 4) is 11.5 Å². The van der Waals surface area contributed by atoms with Crippen molar-refractivity contribution < 1.29 is 24.0 Å². The Kier molecular flexibility index (Phi) is 6.02. The summed E-state index contributed by atoms with van der Waals surface area (Å²) < 4.78 is 10.1. The van der Waals surface area contributed by atoms with Crippen LogP contribution in [0.25, 0.3) is 0 Å². The molecule has 0 aliphatic carbocycles. The van der Waals surface area contributed by atoms with Crippen LogP contribution in [0.5, 0.6) is 11.5 Å². The van der Waals surface area contributed by atoms with E-state index in [1.54, 1.807) is 0 Å². The van der Waals surface area contributed by atoms with E-state index in [1.165, 1.54) is 63.4 Å². The van der Waals surface area contributed by atoms with Gasteiger partial charge in [-0.05, 0) is 50.2 Å². The van der Waals surface area contributed by atoms with Gasteiger partial charge in [-0.15, -0.1) is 0 Å². The highest BCUT2D eigenvalue weighted by Gasteiger charge is 2.30. The molecule has 27 heavy (non-hydrogen) atoms. The maximum atomic E-state index is 12.3. The number of carbonyl (C=O) groups excluding carboxylic acids is 2.